The number of thiol groups is 1. The highest BCUT2D eigenvalue weighted by Crippen LogP contribution is 2.29. The molecule has 146 valence electrons. The molecule has 0 aliphatic heterocycles. The van der Waals surface area contributed by atoms with Crippen LogP contribution in [0.4, 0.5) is 5.69 Å². The van der Waals surface area contributed by atoms with E-state index >= 15 is 0 Å². The summed E-state index contributed by atoms with van der Waals surface area (Å²) in [4.78, 5) is 10.2. The zero-order chi connectivity index (χ0) is 20.5. The summed E-state index contributed by atoms with van der Waals surface area (Å²) < 4.78 is 28.6. The van der Waals surface area contributed by atoms with Crippen molar-refractivity contribution in [3.63, 3.8) is 0 Å². The molecule has 0 aliphatic rings. The molecule has 0 heterocycles. The summed E-state index contributed by atoms with van der Waals surface area (Å²) in [6, 6.07) is 21.4. The number of nitrogens with two attached hydrogens (primary N) is 1. The van der Waals surface area contributed by atoms with E-state index in [0.717, 1.165) is 16.9 Å². The lowest BCUT2D eigenvalue weighted by Gasteiger charge is -2.08. The van der Waals surface area contributed by atoms with Crippen molar-refractivity contribution >= 4 is 16.6 Å². The molecule has 9 heteroatoms. The number of benzene rings is 3. The highest BCUT2D eigenvalue weighted by atomic mass is 32.2. The second-order valence-corrected chi connectivity index (χ2v) is 5.97. The van der Waals surface area contributed by atoms with Crippen LogP contribution in [0.25, 0.3) is 11.1 Å². The zero-order valence-electron chi connectivity index (χ0n) is 14.8. The van der Waals surface area contributed by atoms with Gasteiger partial charge >= 0.3 is 0 Å². The fraction of sp³-hybridized carbons (Fsp3) is 0.0526. The molecule has 2 N–H and O–H groups in total. The van der Waals surface area contributed by atoms with Gasteiger partial charge in [0.15, 0.2) is 10.9 Å². The van der Waals surface area contributed by atoms with Gasteiger partial charge in [-0.25, -0.2) is 13.6 Å². The Hall–Kier alpha value is -3.43. The third-order valence-electron chi connectivity index (χ3n) is 3.54. The normalized spacial score (nSPS) is 9.96. The SMILES string of the molecule is COc1ccc(-c2cccc(Oc3ccc([N+](=O)[O-])cc3)c2)cc1.N[SH](=O)=O. The minimum atomic E-state index is -2.62. The number of nitrogens with zero attached hydrogens (tertiary/aromatic N) is 1. The van der Waals surface area contributed by atoms with Gasteiger partial charge in [-0.2, -0.15) is 0 Å². The van der Waals surface area contributed by atoms with E-state index in [1.54, 1.807) is 19.2 Å². The van der Waals surface area contributed by atoms with Crippen LogP contribution in [0.15, 0.2) is 72.8 Å². The minimum absolute atomic E-state index is 0.0364. The van der Waals surface area contributed by atoms with Crippen LogP contribution in [-0.4, -0.2) is 20.5 Å². The molecule has 0 aromatic heterocycles. The van der Waals surface area contributed by atoms with Gasteiger partial charge in [-0.1, -0.05) is 24.3 Å². The molecule has 3 aromatic carbocycles. The Morgan fingerprint density at radius 2 is 1.43 bits per heavy atom. The number of nitro benzene ring substituents is 1. The summed E-state index contributed by atoms with van der Waals surface area (Å²) in [6.45, 7) is 0. The Labute approximate surface area is 163 Å². The van der Waals surface area contributed by atoms with E-state index in [2.05, 4.69) is 5.14 Å². The van der Waals surface area contributed by atoms with Gasteiger partial charge < -0.3 is 9.47 Å². The molecular weight excluding hydrogens is 384 g/mol. The van der Waals surface area contributed by atoms with Crippen LogP contribution in [0, 0.1) is 10.1 Å². The van der Waals surface area contributed by atoms with Crippen LogP contribution in [0.2, 0.25) is 0 Å². The van der Waals surface area contributed by atoms with Gasteiger partial charge in [0.05, 0.1) is 12.0 Å². The Morgan fingerprint density at radius 1 is 0.857 bits per heavy atom. The predicted molar refractivity (Wildman–Crippen MR) is 106 cm³/mol. The molecular formula is C19H18N2O6S. The lowest BCUT2D eigenvalue weighted by molar-refractivity contribution is -0.384. The summed E-state index contributed by atoms with van der Waals surface area (Å²) in [5, 5.41) is 14.7. The van der Waals surface area contributed by atoms with Gasteiger partial charge in [0, 0.05) is 12.1 Å². The average molecular weight is 402 g/mol. The van der Waals surface area contributed by atoms with Crippen molar-refractivity contribution in [1.29, 1.82) is 0 Å². The topological polar surface area (TPSA) is 122 Å². The first-order valence-corrected chi connectivity index (χ1v) is 9.19. The van der Waals surface area contributed by atoms with E-state index in [9.17, 15) is 10.1 Å². The molecule has 3 rings (SSSR count). The fourth-order valence-corrected chi connectivity index (χ4v) is 2.29. The van der Waals surface area contributed by atoms with Crippen molar-refractivity contribution in [3.8, 4) is 28.4 Å². The maximum absolute atomic E-state index is 10.7. The number of ether oxygens (including phenoxy) is 2. The number of rotatable bonds is 5. The molecule has 8 nitrogen and oxygen atoms in total. The first-order valence-electron chi connectivity index (χ1n) is 7.95. The molecule has 0 atom stereocenters. The van der Waals surface area contributed by atoms with E-state index in [4.69, 9.17) is 17.9 Å². The Kier molecular flexibility index (Phi) is 7.49. The maximum Gasteiger partial charge on any atom is 0.269 e. The van der Waals surface area contributed by atoms with Crippen molar-refractivity contribution < 1.29 is 22.8 Å². The molecule has 0 saturated heterocycles. The van der Waals surface area contributed by atoms with Gasteiger partial charge in [0.25, 0.3) is 5.69 Å². The number of hydrogen-bond acceptors (Lipinski definition) is 6. The van der Waals surface area contributed by atoms with E-state index < -0.39 is 15.8 Å². The Balaban J connectivity index is 0.000000640. The first kappa shape index (κ1) is 20.9. The van der Waals surface area contributed by atoms with Crippen LogP contribution in [0.5, 0.6) is 17.2 Å². The summed E-state index contributed by atoms with van der Waals surface area (Å²) in [6.07, 6.45) is 0. The van der Waals surface area contributed by atoms with Crippen molar-refractivity contribution in [1.82, 2.24) is 0 Å². The largest absolute Gasteiger partial charge is 0.497 e. The molecule has 0 amide bonds. The quantitative estimate of drug-likeness (QED) is 0.382. The molecule has 0 fully saturated rings. The number of hydrogen-bond donors (Lipinski definition) is 2. The highest BCUT2D eigenvalue weighted by Gasteiger charge is 2.06. The lowest BCUT2D eigenvalue weighted by atomic mass is 10.1. The predicted octanol–water partition coefficient (Wildman–Crippen LogP) is 3.53. The third-order valence-corrected chi connectivity index (χ3v) is 3.54. The molecule has 0 radical (unpaired) electrons. The van der Waals surface area contributed by atoms with Gasteiger partial charge in [0.1, 0.15) is 17.2 Å². The molecule has 0 spiro atoms. The van der Waals surface area contributed by atoms with Crippen LogP contribution in [0.3, 0.4) is 0 Å². The maximum atomic E-state index is 10.7. The number of non-ortho nitro benzene ring substituents is 1. The van der Waals surface area contributed by atoms with Crippen molar-refractivity contribution in [2.75, 3.05) is 7.11 Å². The van der Waals surface area contributed by atoms with Crippen LogP contribution < -0.4 is 14.6 Å². The number of nitro groups is 1. The van der Waals surface area contributed by atoms with E-state index in [1.165, 1.54) is 12.1 Å². The van der Waals surface area contributed by atoms with Crippen LogP contribution >= 0.6 is 0 Å². The van der Waals surface area contributed by atoms with E-state index in [-0.39, 0.29) is 5.69 Å². The number of methoxy groups -OCH3 is 1. The van der Waals surface area contributed by atoms with Crippen LogP contribution in [-0.2, 0) is 10.9 Å². The van der Waals surface area contributed by atoms with Gasteiger partial charge in [-0.3, -0.25) is 10.1 Å². The molecule has 0 unspecified atom stereocenters. The Bertz CT molecular complexity index is 994. The fourth-order valence-electron chi connectivity index (χ4n) is 2.29. The van der Waals surface area contributed by atoms with E-state index in [1.807, 2.05) is 48.5 Å². The van der Waals surface area contributed by atoms with Gasteiger partial charge in [0.2, 0.25) is 0 Å². The standard InChI is InChI=1S/C19H15NO4.H3NO2S/c1-23-17-9-5-14(6-10-17)15-3-2-4-19(13-15)24-18-11-7-16(8-12-18)20(21)22;1-4(2)3/h2-13H,1H3;4H,(H2,1,2,3). The van der Waals surface area contributed by atoms with Gasteiger partial charge in [-0.15, -0.1) is 0 Å². The summed E-state index contributed by atoms with van der Waals surface area (Å²) in [7, 11) is -0.988. The lowest BCUT2D eigenvalue weighted by Crippen LogP contribution is -1.89. The van der Waals surface area contributed by atoms with Crippen molar-refractivity contribution in [3.05, 3.63) is 82.9 Å². The zero-order valence-corrected chi connectivity index (χ0v) is 15.7. The average Bonchev–Trinajstić information content (AvgIpc) is 2.68. The highest BCUT2D eigenvalue weighted by molar-refractivity contribution is 7.69. The Morgan fingerprint density at radius 3 is 1.96 bits per heavy atom. The van der Waals surface area contributed by atoms with Crippen molar-refractivity contribution in [2.24, 2.45) is 5.14 Å². The second-order valence-electron chi connectivity index (χ2n) is 5.39. The van der Waals surface area contributed by atoms with Crippen LogP contribution in [0.1, 0.15) is 0 Å². The molecule has 28 heavy (non-hydrogen) atoms. The molecule has 0 saturated carbocycles. The molecule has 3 aromatic rings. The summed E-state index contributed by atoms with van der Waals surface area (Å²) in [5.74, 6) is 2.02. The molecule has 0 bridgehead atoms. The first-order chi connectivity index (χ1) is 13.4. The third kappa shape index (κ3) is 6.38. The van der Waals surface area contributed by atoms with E-state index in [0.29, 0.717) is 11.5 Å². The minimum Gasteiger partial charge on any atom is -0.497 e. The van der Waals surface area contributed by atoms with Crippen molar-refractivity contribution in [2.45, 2.75) is 0 Å². The molecule has 0 aliphatic carbocycles. The second kappa shape index (κ2) is 10.0. The summed E-state index contributed by atoms with van der Waals surface area (Å²) >= 11 is 0. The summed E-state index contributed by atoms with van der Waals surface area (Å²) in [5.41, 5.74) is 2.09. The smallest absolute Gasteiger partial charge is 0.269 e. The monoisotopic (exact) mass is 402 g/mol. The van der Waals surface area contributed by atoms with Gasteiger partial charge in [-0.05, 0) is 47.5 Å².